The molecule has 3 amide bonds. The van der Waals surface area contributed by atoms with Gasteiger partial charge in [0.2, 0.25) is 17.7 Å². The van der Waals surface area contributed by atoms with E-state index in [1.54, 1.807) is 22.0 Å². The Labute approximate surface area is 256 Å². The van der Waals surface area contributed by atoms with Crippen molar-refractivity contribution in [3.8, 4) is 5.75 Å². The van der Waals surface area contributed by atoms with Crippen molar-refractivity contribution < 1.29 is 29.0 Å². The van der Waals surface area contributed by atoms with Crippen LogP contribution in [0.15, 0.2) is 49.6 Å². The fourth-order valence-electron chi connectivity index (χ4n) is 7.89. The van der Waals surface area contributed by atoms with Crippen molar-refractivity contribution in [2.75, 3.05) is 37.7 Å². The minimum absolute atomic E-state index is 0.0146. The molecule has 0 radical (unpaired) electrons. The van der Waals surface area contributed by atoms with Crippen LogP contribution in [0, 0.1) is 17.3 Å². The lowest BCUT2D eigenvalue weighted by Crippen LogP contribution is -2.61. The first-order chi connectivity index (χ1) is 20.3. The fraction of sp³-hybridized carbons (Fsp3) is 0.618. The summed E-state index contributed by atoms with van der Waals surface area (Å²) in [6.07, 6.45) is 4.65. The highest BCUT2D eigenvalue weighted by molar-refractivity contribution is 6.03. The number of hydrogen-bond acceptors (Lipinski definition) is 6. The Kier molecular flexibility index (Phi) is 9.47. The van der Waals surface area contributed by atoms with Gasteiger partial charge in [-0.25, -0.2) is 0 Å². The molecule has 3 saturated heterocycles. The lowest BCUT2D eigenvalue weighted by molar-refractivity contribution is -0.153. The number of amides is 3. The number of aliphatic hydroxyl groups excluding tert-OH is 1. The molecule has 2 bridgehead atoms. The summed E-state index contributed by atoms with van der Waals surface area (Å²) < 4.78 is 12.2. The number of anilines is 1. The third-order valence-electron chi connectivity index (χ3n) is 8.97. The molecule has 1 N–H and O–H groups in total. The average molecular weight is 596 g/mol. The van der Waals surface area contributed by atoms with Crippen LogP contribution >= 0.6 is 0 Å². The van der Waals surface area contributed by atoms with Gasteiger partial charge in [-0.15, -0.1) is 13.2 Å². The van der Waals surface area contributed by atoms with Crippen LogP contribution in [-0.4, -0.2) is 88.8 Å². The van der Waals surface area contributed by atoms with Crippen LogP contribution in [0.4, 0.5) is 5.69 Å². The van der Waals surface area contributed by atoms with E-state index in [2.05, 4.69) is 33.9 Å². The molecule has 43 heavy (non-hydrogen) atoms. The number of β-amino-alcohol motifs (C(OH)–C–C–N with tert-alkyl or cyclic N) is 1. The number of hydrogen-bond donors (Lipinski definition) is 1. The molecule has 0 saturated carbocycles. The van der Waals surface area contributed by atoms with Gasteiger partial charge in [-0.1, -0.05) is 32.9 Å². The summed E-state index contributed by atoms with van der Waals surface area (Å²) in [7, 11) is 0. The molecule has 1 aromatic rings. The Morgan fingerprint density at radius 2 is 1.77 bits per heavy atom. The number of fused-ring (bicyclic) bond motifs is 1. The summed E-state index contributed by atoms with van der Waals surface area (Å²) in [5.41, 5.74) is -1.09. The van der Waals surface area contributed by atoms with Gasteiger partial charge in [-0.2, -0.15) is 0 Å². The lowest BCUT2D eigenvalue weighted by Gasteiger charge is -2.45. The second-order valence-corrected chi connectivity index (χ2v) is 13.8. The van der Waals surface area contributed by atoms with Crippen molar-refractivity contribution in [3.05, 3.63) is 49.6 Å². The zero-order valence-electron chi connectivity index (χ0n) is 26.7. The first-order valence-corrected chi connectivity index (χ1v) is 15.4. The van der Waals surface area contributed by atoms with E-state index in [1.807, 2.05) is 45.0 Å². The molecule has 3 fully saturated rings. The van der Waals surface area contributed by atoms with Crippen LogP contribution in [0.1, 0.15) is 60.8 Å². The van der Waals surface area contributed by atoms with Gasteiger partial charge in [0.25, 0.3) is 0 Å². The molecule has 1 spiro atoms. The normalized spacial score (nSPS) is 26.3. The molecule has 0 aliphatic carbocycles. The van der Waals surface area contributed by atoms with Crippen LogP contribution in [0.2, 0.25) is 0 Å². The molecule has 236 valence electrons. The number of likely N-dealkylation sites (tertiary alicyclic amines) is 1. The van der Waals surface area contributed by atoms with E-state index in [0.29, 0.717) is 37.4 Å². The predicted molar refractivity (Wildman–Crippen MR) is 167 cm³/mol. The molecule has 4 rings (SSSR count). The number of carbonyl (C=O) groups is 3. The van der Waals surface area contributed by atoms with Crippen LogP contribution in [0.25, 0.3) is 0 Å². The van der Waals surface area contributed by atoms with Crippen molar-refractivity contribution in [2.24, 2.45) is 17.3 Å². The highest BCUT2D eigenvalue weighted by atomic mass is 16.5. The smallest absolute Gasteiger partial charge is 0.249 e. The van der Waals surface area contributed by atoms with Gasteiger partial charge >= 0.3 is 0 Å². The first kappa shape index (κ1) is 32.7. The van der Waals surface area contributed by atoms with Gasteiger partial charge < -0.3 is 29.3 Å². The Balaban J connectivity index is 1.73. The Morgan fingerprint density at radius 3 is 2.33 bits per heavy atom. The molecule has 9 nitrogen and oxygen atoms in total. The topological polar surface area (TPSA) is 99.6 Å². The van der Waals surface area contributed by atoms with Crippen molar-refractivity contribution in [2.45, 2.75) is 84.1 Å². The maximum atomic E-state index is 14.6. The third-order valence-corrected chi connectivity index (χ3v) is 8.97. The molecule has 3 aliphatic heterocycles. The van der Waals surface area contributed by atoms with E-state index >= 15 is 0 Å². The van der Waals surface area contributed by atoms with Gasteiger partial charge in [0, 0.05) is 30.9 Å². The first-order valence-electron chi connectivity index (χ1n) is 15.4. The molecule has 9 heteroatoms. The van der Waals surface area contributed by atoms with Gasteiger partial charge in [-0.3, -0.25) is 14.4 Å². The number of nitrogens with zero attached hydrogens (tertiary/aromatic N) is 3. The van der Waals surface area contributed by atoms with E-state index in [0.717, 1.165) is 6.42 Å². The number of rotatable bonds is 13. The Morgan fingerprint density at radius 1 is 1.12 bits per heavy atom. The van der Waals surface area contributed by atoms with Gasteiger partial charge in [0.1, 0.15) is 17.4 Å². The van der Waals surface area contributed by atoms with E-state index < -0.39 is 35.1 Å². The Bertz CT molecular complexity index is 1220. The third kappa shape index (κ3) is 5.98. The summed E-state index contributed by atoms with van der Waals surface area (Å²) in [6.45, 7) is 20.9. The molecule has 3 heterocycles. The van der Waals surface area contributed by atoms with E-state index in [1.165, 1.54) is 4.90 Å². The number of carbonyl (C=O) groups excluding carboxylic acids is 3. The standard InChI is InChI=1S/C34H49N3O6/c1-9-18-35(23-12-14-24(15-13-23)42-11-3)29(39)26-25-16-17-34(43-25)27(26)30(40)36(20-21-38)28(34)31(41)37(19-10-2)33(7,8)22-32(4,5)6/h9-10,12-15,25-28,38H,1-2,11,16-22H2,3-8H3/t25-,26+,27-,28?,34?/m0/s1. The fourth-order valence-corrected chi connectivity index (χ4v) is 7.89. The van der Waals surface area contributed by atoms with Crippen LogP contribution in [-0.2, 0) is 19.1 Å². The zero-order valence-corrected chi connectivity index (χ0v) is 26.7. The highest BCUT2D eigenvalue weighted by Crippen LogP contribution is 2.59. The molecule has 5 atom stereocenters. The maximum absolute atomic E-state index is 14.6. The summed E-state index contributed by atoms with van der Waals surface area (Å²) in [4.78, 5) is 48.1. The molecule has 0 aromatic heterocycles. The molecular formula is C34H49N3O6. The lowest BCUT2D eigenvalue weighted by atomic mass is 9.70. The van der Waals surface area contributed by atoms with Crippen molar-refractivity contribution in [3.63, 3.8) is 0 Å². The Hall–Kier alpha value is -3.17. The van der Waals surface area contributed by atoms with E-state index in [4.69, 9.17) is 9.47 Å². The predicted octanol–water partition coefficient (Wildman–Crippen LogP) is 4.20. The monoisotopic (exact) mass is 595 g/mol. The highest BCUT2D eigenvalue weighted by Gasteiger charge is 2.75. The minimum atomic E-state index is -1.15. The van der Waals surface area contributed by atoms with Crippen molar-refractivity contribution in [1.29, 1.82) is 0 Å². The van der Waals surface area contributed by atoms with Gasteiger partial charge in [-0.05, 0) is 69.7 Å². The maximum Gasteiger partial charge on any atom is 0.249 e. The summed E-state index contributed by atoms with van der Waals surface area (Å²) >= 11 is 0. The van der Waals surface area contributed by atoms with Gasteiger partial charge in [0.15, 0.2) is 0 Å². The minimum Gasteiger partial charge on any atom is -0.494 e. The molecule has 3 aliphatic rings. The van der Waals surface area contributed by atoms with E-state index in [9.17, 15) is 19.5 Å². The number of ether oxygens (including phenoxy) is 2. The van der Waals surface area contributed by atoms with Crippen LogP contribution in [0.3, 0.4) is 0 Å². The largest absolute Gasteiger partial charge is 0.494 e. The van der Waals surface area contributed by atoms with Crippen molar-refractivity contribution in [1.82, 2.24) is 9.80 Å². The van der Waals surface area contributed by atoms with Crippen LogP contribution < -0.4 is 9.64 Å². The summed E-state index contributed by atoms with van der Waals surface area (Å²) in [5.74, 6) is -1.67. The molecule has 1 aromatic carbocycles. The molecular weight excluding hydrogens is 546 g/mol. The summed E-state index contributed by atoms with van der Waals surface area (Å²) in [6, 6.07) is 6.32. The molecule has 2 unspecified atom stereocenters. The van der Waals surface area contributed by atoms with Crippen molar-refractivity contribution >= 4 is 23.4 Å². The summed E-state index contributed by atoms with van der Waals surface area (Å²) in [5, 5.41) is 10.00. The van der Waals surface area contributed by atoms with Crippen LogP contribution in [0.5, 0.6) is 5.75 Å². The second-order valence-electron chi connectivity index (χ2n) is 13.8. The second kappa shape index (κ2) is 12.4. The van der Waals surface area contributed by atoms with Gasteiger partial charge in [0.05, 0.1) is 31.2 Å². The average Bonchev–Trinajstić information content (AvgIpc) is 3.57. The quantitative estimate of drug-likeness (QED) is 0.343. The van der Waals surface area contributed by atoms with E-state index in [-0.39, 0.29) is 42.8 Å². The SMILES string of the molecule is C=CCN(C(=O)[C@@H]1[C@@H]2CCC3(O2)C(C(=O)N(CC=C)C(C)(C)CC(C)(C)C)N(CCO)C(=O)[C@H]13)c1ccc(OCC)cc1. The zero-order chi connectivity index (χ0) is 31.7. The number of benzene rings is 1. The number of aliphatic hydroxyl groups is 1.